The van der Waals surface area contributed by atoms with Crippen LogP contribution in [-0.2, 0) is 5.33 Å². The summed E-state index contributed by atoms with van der Waals surface area (Å²) in [5.41, 5.74) is 1.29. The molecule has 0 radical (unpaired) electrons. The van der Waals surface area contributed by atoms with Crippen molar-refractivity contribution in [3.63, 3.8) is 0 Å². The van der Waals surface area contributed by atoms with Gasteiger partial charge in [0, 0.05) is 35.0 Å². The number of halogens is 1. The summed E-state index contributed by atoms with van der Waals surface area (Å²) in [6, 6.07) is 6.67. The largest absolute Gasteiger partial charge is 0.494 e. The number of H-pyrrole nitrogens is 1. The lowest BCUT2D eigenvalue weighted by molar-refractivity contribution is 0.102. The van der Waals surface area contributed by atoms with Crippen LogP contribution < -0.4 is 15.5 Å². The molecule has 0 atom stereocenters. The monoisotopic (exact) mass is 350 g/mol. The molecule has 1 heterocycles. The summed E-state index contributed by atoms with van der Waals surface area (Å²) >= 11 is 3.39. The zero-order valence-electron chi connectivity index (χ0n) is 11.5. The van der Waals surface area contributed by atoms with E-state index < -0.39 is 5.91 Å². The van der Waals surface area contributed by atoms with Gasteiger partial charge >= 0.3 is 0 Å². The van der Waals surface area contributed by atoms with Crippen LogP contribution in [0.1, 0.15) is 22.8 Å². The molecule has 0 aliphatic heterocycles. The van der Waals surface area contributed by atoms with E-state index in [4.69, 9.17) is 4.74 Å². The number of nitrogens with one attached hydrogen (secondary N) is 2. The van der Waals surface area contributed by atoms with E-state index in [0.717, 1.165) is 11.3 Å². The van der Waals surface area contributed by atoms with E-state index in [1.54, 1.807) is 12.1 Å². The Morgan fingerprint density at radius 1 is 1.38 bits per heavy atom. The number of rotatable bonds is 5. The van der Waals surface area contributed by atoms with Crippen LogP contribution in [0.5, 0.6) is 5.75 Å². The molecule has 0 aliphatic carbocycles. The highest BCUT2D eigenvalue weighted by Crippen LogP contribution is 2.25. The normalized spacial score (nSPS) is 10.2. The Hall–Kier alpha value is -2.08. The van der Waals surface area contributed by atoms with Gasteiger partial charge in [-0.15, -0.1) is 0 Å². The van der Waals surface area contributed by atoms with Crippen LogP contribution in [0.3, 0.4) is 0 Å². The molecule has 0 fully saturated rings. The SMILES string of the molecule is CCOc1ccc(NC(=O)c2c[nH]ccc2=O)cc1CBr. The summed E-state index contributed by atoms with van der Waals surface area (Å²) in [5.74, 6) is 0.325. The third kappa shape index (κ3) is 3.72. The number of aromatic amines is 1. The molecule has 0 unspecified atom stereocenters. The second kappa shape index (κ2) is 7.08. The van der Waals surface area contributed by atoms with Crippen LogP contribution >= 0.6 is 15.9 Å². The number of carbonyl (C=O) groups excluding carboxylic acids is 1. The topological polar surface area (TPSA) is 71.2 Å². The lowest BCUT2D eigenvalue weighted by Gasteiger charge is -2.11. The zero-order valence-corrected chi connectivity index (χ0v) is 13.1. The Morgan fingerprint density at radius 2 is 2.19 bits per heavy atom. The molecule has 5 nitrogen and oxygen atoms in total. The first-order valence-corrected chi connectivity index (χ1v) is 7.58. The average Bonchev–Trinajstić information content (AvgIpc) is 2.49. The van der Waals surface area contributed by atoms with Crippen LogP contribution in [0.4, 0.5) is 5.69 Å². The van der Waals surface area contributed by atoms with Crippen LogP contribution in [0.25, 0.3) is 0 Å². The Labute approximate surface area is 130 Å². The predicted octanol–water partition coefficient (Wildman–Crippen LogP) is 2.92. The maximum Gasteiger partial charge on any atom is 0.261 e. The minimum absolute atomic E-state index is 0.0757. The smallest absolute Gasteiger partial charge is 0.261 e. The van der Waals surface area contributed by atoms with Crippen LogP contribution in [0.15, 0.2) is 41.5 Å². The summed E-state index contributed by atoms with van der Waals surface area (Å²) in [7, 11) is 0. The van der Waals surface area contributed by atoms with Gasteiger partial charge in [0.1, 0.15) is 11.3 Å². The molecule has 21 heavy (non-hydrogen) atoms. The molecular formula is C15H15BrN2O3. The van der Waals surface area contributed by atoms with Gasteiger partial charge in [0.2, 0.25) is 0 Å². The molecule has 2 rings (SSSR count). The minimum atomic E-state index is -0.443. The number of pyridine rings is 1. The molecule has 1 amide bonds. The second-order valence-electron chi connectivity index (χ2n) is 4.27. The van der Waals surface area contributed by atoms with Crippen LogP contribution in [0, 0.1) is 0 Å². The standard InChI is InChI=1S/C15H15BrN2O3/c1-2-21-14-4-3-11(7-10(14)8-16)18-15(20)12-9-17-6-5-13(12)19/h3-7,9H,2,8H2,1H3,(H,17,19)(H,18,20). The van der Waals surface area contributed by atoms with Crippen molar-refractivity contribution in [2.45, 2.75) is 12.3 Å². The molecule has 0 spiro atoms. The number of ether oxygens (including phenoxy) is 1. The molecule has 0 saturated heterocycles. The van der Waals surface area contributed by atoms with Gasteiger partial charge in [-0.1, -0.05) is 15.9 Å². The molecule has 6 heteroatoms. The predicted molar refractivity (Wildman–Crippen MR) is 85.3 cm³/mol. The van der Waals surface area contributed by atoms with Gasteiger partial charge in [0.25, 0.3) is 5.91 Å². The number of amides is 1. The maximum atomic E-state index is 12.1. The third-order valence-corrected chi connectivity index (χ3v) is 3.43. The number of carbonyl (C=O) groups is 1. The first kappa shape index (κ1) is 15.3. The van der Waals surface area contributed by atoms with Crippen molar-refractivity contribution in [1.29, 1.82) is 0 Å². The summed E-state index contributed by atoms with van der Waals surface area (Å²) in [4.78, 5) is 26.4. The number of benzene rings is 1. The highest BCUT2D eigenvalue weighted by atomic mass is 79.9. The van der Waals surface area contributed by atoms with E-state index in [1.807, 2.05) is 13.0 Å². The van der Waals surface area contributed by atoms with Gasteiger partial charge in [0.05, 0.1) is 6.61 Å². The number of hydrogen-bond acceptors (Lipinski definition) is 3. The summed E-state index contributed by atoms with van der Waals surface area (Å²) in [6.45, 7) is 2.49. The Morgan fingerprint density at radius 3 is 2.86 bits per heavy atom. The summed E-state index contributed by atoms with van der Waals surface area (Å²) < 4.78 is 5.49. The van der Waals surface area contributed by atoms with Gasteiger partial charge in [-0.25, -0.2) is 0 Å². The lowest BCUT2D eigenvalue weighted by Crippen LogP contribution is -2.20. The van der Waals surface area contributed by atoms with Gasteiger partial charge in [-0.2, -0.15) is 0 Å². The van der Waals surface area contributed by atoms with Crippen LogP contribution in [0.2, 0.25) is 0 Å². The van der Waals surface area contributed by atoms with Crippen molar-refractivity contribution in [2.75, 3.05) is 11.9 Å². The molecule has 0 aliphatic rings. The molecule has 1 aromatic carbocycles. The molecule has 1 aromatic heterocycles. The molecular weight excluding hydrogens is 336 g/mol. The highest BCUT2D eigenvalue weighted by Gasteiger charge is 2.11. The highest BCUT2D eigenvalue weighted by molar-refractivity contribution is 9.08. The van der Waals surface area contributed by atoms with Crippen molar-refractivity contribution in [3.05, 3.63) is 58.0 Å². The molecule has 2 N–H and O–H groups in total. The van der Waals surface area contributed by atoms with Gasteiger partial charge in [-0.05, 0) is 25.1 Å². The Balaban J connectivity index is 2.22. The first-order chi connectivity index (χ1) is 10.2. The molecule has 2 aromatic rings. The minimum Gasteiger partial charge on any atom is -0.494 e. The molecule has 110 valence electrons. The van der Waals surface area contributed by atoms with Gasteiger partial charge < -0.3 is 15.0 Å². The lowest BCUT2D eigenvalue weighted by atomic mass is 10.2. The van der Waals surface area contributed by atoms with E-state index in [2.05, 4.69) is 26.2 Å². The Bertz CT molecular complexity index is 697. The average molecular weight is 351 g/mol. The number of anilines is 1. The van der Waals surface area contributed by atoms with Crippen molar-refractivity contribution in [1.82, 2.24) is 4.98 Å². The fourth-order valence-electron chi connectivity index (χ4n) is 1.85. The molecule has 0 bridgehead atoms. The van der Waals surface area contributed by atoms with E-state index in [1.165, 1.54) is 18.5 Å². The number of hydrogen-bond donors (Lipinski definition) is 2. The van der Waals surface area contributed by atoms with Crippen molar-refractivity contribution >= 4 is 27.5 Å². The summed E-state index contributed by atoms with van der Waals surface area (Å²) in [5, 5.41) is 3.32. The quantitative estimate of drug-likeness (QED) is 0.814. The van der Waals surface area contributed by atoms with E-state index in [-0.39, 0.29) is 11.0 Å². The number of aromatic nitrogens is 1. The van der Waals surface area contributed by atoms with E-state index in [0.29, 0.717) is 17.6 Å². The van der Waals surface area contributed by atoms with Gasteiger partial charge in [0.15, 0.2) is 5.43 Å². The van der Waals surface area contributed by atoms with Crippen molar-refractivity contribution in [2.24, 2.45) is 0 Å². The van der Waals surface area contributed by atoms with Crippen LogP contribution in [-0.4, -0.2) is 17.5 Å². The summed E-state index contributed by atoms with van der Waals surface area (Å²) in [6.07, 6.45) is 2.87. The van der Waals surface area contributed by atoms with E-state index in [9.17, 15) is 9.59 Å². The second-order valence-corrected chi connectivity index (χ2v) is 4.83. The molecule has 0 saturated carbocycles. The fourth-order valence-corrected chi connectivity index (χ4v) is 2.29. The van der Waals surface area contributed by atoms with Gasteiger partial charge in [-0.3, -0.25) is 9.59 Å². The first-order valence-electron chi connectivity index (χ1n) is 6.46. The van der Waals surface area contributed by atoms with Crippen molar-refractivity contribution < 1.29 is 9.53 Å². The van der Waals surface area contributed by atoms with Crippen molar-refractivity contribution in [3.8, 4) is 5.75 Å². The fraction of sp³-hybridized carbons (Fsp3) is 0.200. The van der Waals surface area contributed by atoms with E-state index >= 15 is 0 Å². The Kier molecular flexibility index (Phi) is 5.16. The third-order valence-electron chi connectivity index (χ3n) is 2.83. The zero-order chi connectivity index (χ0) is 15.2. The maximum absolute atomic E-state index is 12.1. The number of alkyl halides is 1.